The first-order valence-electron chi connectivity index (χ1n) is 6.14. The number of carbonyl (C=O) groups excluding carboxylic acids is 1. The Morgan fingerprint density at radius 2 is 1.65 bits per heavy atom. The van der Waals surface area contributed by atoms with Crippen LogP contribution in [-0.4, -0.2) is 19.0 Å². The van der Waals surface area contributed by atoms with Crippen LogP contribution in [0.1, 0.15) is 15.9 Å². The van der Waals surface area contributed by atoms with E-state index in [1.54, 1.807) is 36.4 Å². The summed E-state index contributed by atoms with van der Waals surface area (Å²) in [7, 11) is 0. The highest BCUT2D eigenvalue weighted by atomic mass is 35.5. The van der Waals surface area contributed by atoms with Gasteiger partial charge in [0.1, 0.15) is 13.2 Å². The Morgan fingerprint density at radius 3 is 2.30 bits per heavy atom. The van der Waals surface area contributed by atoms with E-state index in [1.807, 2.05) is 0 Å². The van der Waals surface area contributed by atoms with E-state index < -0.39 is 0 Å². The van der Waals surface area contributed by atoms with Crippen LogP contribution in [0.5, 0.6) is 11.5 Å². The zero-order chi connectivity index (χ0) is 14.1. The van der Waals surface area contributed by atoms with Gasteiger partial charge in [0.05, 0.1) is 5.02 Å². The molecule has 0 spiro atoms. The SMILES string of the molecule is Nc1ccc(C(=O)c2cc3c(cc2Cl)OCCO3)cc1. The molecule has 0 aliphatic carbocycles. The third kappa shape index (κ3) is 2.30. The van der Waals surface area contributed by atoms with Crippen molar-refractivity contribution in [1.29, 1.82) is 0 Å². The second-order valence-corrected chi connectivity index (χ2v) is 4.83. The van der Waals surface area contributed by atoms with Gasteiger partial charge >= 0.3 is 0 Å². The van der Waals surface area contributed by atoms with Gasteiger partial charge in [-0.25, -0.2) is 0 Å². The molecule has 1 aliphatic rings. The minimum absolute atomic E-state index is 0.174. The monoisotopic (exact) mass is 289 g/mol. The maximum absolute atomic E-state index is 12.4. The Balaban J connectivity index is 2.01. The molecular formula is C15H12ClNO3. The fourth-order valence-corrected chi connectivity index (χ4v) is 2.27. The summed E-state index contributed by atoms with van der Waals surface area (Å²) in [6, 6.07) is 9.93. The summed E-state index contributed by atoms with van der Waals surface area (Å²) < 4.78 is 10.9. The molecule has 0 saturated heterocycles. The predicted octanol–water partition coefficient (Wildman–Crippen LogP) is 2.92. The molecule has 0 bridgehead atoms. The molecule has 0 unspecified atom stereocenters. The number of ketones is 1. The summed E-state index contributed by atoms with van der Waals surface area (Å²) >= 11 is 6.16. The van der Waals surface area contributed by atoms with Crippen molar-refractivity contribution in [1.82, 2.24) is 0 Å². The lowest BCUT2D eigenvalue weighted by Crippen LogP contribution is -2.16. The van der Waals surface area contributed by atoms with E-state index in [0.717, 1.165) is 0 Å². The third-order valence-electron chi connectivity index (χ3n) is 3.05. The molecule has 1 aliphatic heterocycles. The molecule has 102 valence electrons. The summed E-state index contributed by atoms with van der Waals surface area (Å²) in [6.07, 6.45) is 0. The van der Waals surface area contributed by atoms with Gasteiger partial charge in [-0.15, -0.1) is 0 Å². The van der Waals surface area contributed by atoms with Crippen molar-refractivity contribution in [3.8, 4) is 11.5 Å². The molecule has 4 nitrogen and oxygen atoms in total. The Kier molecular flexibility index (Phi) is 3.24. The maximum atomic E-state index is 12.4. The van der Waals surface area contributed by atoms with Crippen molar-refractivity contribution in [2.45, 2.75) is 0 Å². The number of benzene rings is 2. The number of ether oxygens (including phenoxy) is 2. The van der Waals surface area contributed by atoms with Crippen LogP contribution in [0.2, 0.25) is 5.02 Å². The predicted molar refractivity (Wildman–Crippen MR) is 76.7 cm³/mol. The van der Waals surface area contributed by atoms with Crippen LogP contribution in [0.15, 0.2) is 36.4 Å². The fourth-order valence-electron chi connectivity index (χ4n) is 2.03. The molecule has 2 aromatic rings. The quantitative estimate of drug-likeness (QED) is 0.682. The molecule has 0 aromatic heterocycles. The molecule has 2 aromatic carbocycles. The van der Waals surface area contributed by atoms with E-state index in [-0.39, 0.29) is 5.78 Å². The second kappa shape index (κ2) is 5.06. The Morgan fingerprint density at radius 1 is 1.05 bits per heavy atom. The van der Waals surface area contributed by atoms with Crippen LogP contribution in [0.4, 0.5) is 5.69 Å². The van der Waals surface area contributed by atoms with Crippen LogP contribution in [-0.2, 0) is 0 Å². The van der Waals surface area contributed by atoms with E-state index >= 15 is 0 Å². The number of hydrogen-bond donors (Lipinski definition) is 1. The summed E-state index contributed by atoms with van der Waals surface area (Å²) in [5.74, 6) is 0.932. The molecule has 0 radical (unpaired) electrons. The fraction of sp³-hybridized carbons (Fsp3) is 0.133. The number of nitrogen functional groups attached to an aromatic ring is 1. The van der Waals surface area contributed by atoms with Gasteiger partial charge in [0, 0.05) is 22.9 Å². The largest absolute Gasteiger partial charge is 0.486 e. The van der Waals surface area contributed by atoms with E-state index in [4.69, 9.17) is 26.8 Å². The topological polar surface area (TPSA) is 61.6 Å². The molecule has 0 amide bonds. The number of rotatable bonds is 2. The number of fused-ring (bicyclic) bond motifs is 1. The van der Waals surface area contributed by atoms with Crippen LogP contribution in [0, 0.1) is 0 Å². The van der Waals surface area contributed by atoms with Crippen molar-refractivity contribution in [3.63, 3.8) is 0 Å². The molecule has 20 heavy (non-hydrogen) atoms. The number of hydrogen-bond acceptors (Lipinski definition) is 4. The molecule has 5 heteroatoms. The molecule has 0 atom stereocenters. The molecule has 2 N–H and O–H groups in total. The van der Waals surface area contributed by atoms with Crippen molar-refractivity contribution < 1.29 is 14.3 Å². The van der Waals surface area contributed by atoms with Crippen molar-refractivity contribution >= 4 is 23.1 Å². The van der Waals surface area contributed by atoms with Gasteiger partial charge < -0.3 is 15.2 Å². The summed E-state index contributed by atoms with van der Waals surface area (Å²) in [5, 5.41) is 0.344. The van der Waals surface area contributed by atoms with Crippen molar-refractivity contribution in [3.05, 3.63) is 52.5 Å². The van der Waals surface area contributed by atoms with Crippen LogP contribution in [0.3, 0.4) is 0 Å². The van der Waals surface area contributed by atoms with Crippen molar-refractivity contribution in [2.24, 2.45) is 0 Å². The Hall–Kier alpha value is -2.20. The van der Waals surface area contributed by atoms with Gasteiger partial charge in [-0.2, -0.15) is 0 Å². The Bertz CT molecular complexity index is 668. The van der Waals surface area contributed by atoms with E-state index in [1.165, 1.54) is 0 Å². The highest BCUT2D eigenvalue weighted by molar-refractivity contribution is 6.35. The zero-order valence-electron chi connectivity index (χ0n) is 10.6. The number of halogens is 1. The Labute approximate surface area is 121 Å². The first-order valence-corrected chi connectivity index (χ1v) is 6.52. The lowest BCUT2D eigenvalue weighted by atomic mass is 10.0. The van der Waals surface area contributed by atoms with Gasteiger partial charge in [0.25, 0.3) is 0 Å². The van der Waals surface area contributed by atoms with Gasteiger partial charge in [0.2, 0.25) is 0 Å². The summed E-state index contributed by atoms with van der Waals surface area (Å²) in [5.41, 5.74) is 7.13. The van der Waals surface area contributed by atoms with Crippen LogP contribution < -0.4 is 15.2 Å². The van der Waals surface area contributed by atoms with Crippen LogP contribution >= 0.6 is 11.6 Å². The maximum Gasteiger partial charge on any atom is 0.194 e. The van der Waals surface area contributed by atoms with Gasteiger partial charge in [-0.1, -0.05) is 11.6 Å². The number of carbonyl (C=O) groups is 1. The normalized spacial score (nSPS) is 13.1. The van der Waals surface area contributed by atoms with Crippen LogP contribution in [0.25, 0.3) is 0 Å². The first-order chi connectivity index (χ1) is 9.65. The van der Waals surface area contributed by atoms with E-state index in [9.17, 15) is 4.79 Å². The third-order valence-corrected chi connectivity index (χ3v) is 3.36. The van der Waals surface area contributed by atoms with E-state index in [2.05, 4.69) is 0 Å². The first kappa shape index (κ1) is 12.8. The van der Waals surface area contributed by atoms with Gasteiger partial charge in [-0.05, 0) is 30.3 Å². The average Bonchev–Trinajstić information content (AvgIpc) is 2.46. The van der Waals surface area contributed by atoms with E-state index in [0.29, 0.717) is 46.5 Å². The van der Waals surface area contributed by atoms with Gasteiger partial charge in [0.15, 0.2) is 17.3 Å². The lowest BCUT2D eigenvalue weighted by Gasteiger charge is -2.19. The molecule has 3 rings (SSSR count). The summed E-state index contributed by atoms with van der Waals surface area (Å²) in [4.78, 5) is 12.4. The van der Waals surface area contributed by atoms with Crippen molar-refractivity contribution in [2.75, 3.05) is 18.9 Å². The molecule has 0 saturated carbocycles. The molecular weight excluding hydrogens is 278 g/mol. The minimum atomic E-state index is -0.174. The standard InChI is InChI=1S/C15H12ClNO3/c16-12-8-14-13(19-5-6-20-14)7-11(12)15(18)9-1-3-10(17)4-2-9/h1-4,7-8H,5-6,17H2. The van der Waals surface area contributed by atoms with Gasteiger partial charge in [-0.3, -0.25) is 4.79 Å². The average molecular weight is 290 g/mol. The highest BCUT2D eigenvalue weighted by Crippen LogP contribution is 2.36. The minimum Gasteiger partial charge on any atom is -0.486 e. The molecule has 0 fully saturated rings. The molecule has 1 heterocycles. The zero-order valence-corrected chi connectivity index (χ0v) is 11.3. The summed E-state index contributed by atoms with van der Waals surface area (Å²) in [6.45, 7) is 0.943. The number of nitrogens with two attached hydrogens (primary N) is 1. The lowest BCUT2D eigenvalue weighted by molar-refractivity contribution is 0.103. The highest BCUT2D eigenvalue weighted by Gasteiger charge is 2.19. The number of anilines is 1. The second-order valence-electron chi connectivity index (χ2n) is 4.43. The smallest absolute Gasteiger partial charge is 0.194 e.